The number of carbonyl (C=O) groups excluding carboxylic acids is 1. The molecule has 0 saturated carbocycles. The molecule has 124 valence electrons. The van der Waals surface area contributed by atoms with E-state index in [9.17, 15) is 4.79 Å². The van der Waals surface area contributed by atoms with Crippen LogP contribution in [0.4, 0.5) is 5.13 Å². The van der Waals surface area contributed by atoms with Crippen molar-refractivity contribution in [2.75, 3.05) is 5.32 Å². The number of hydrogen-bond acceptors (Lipinski definition) is 4. The Morgan fingerprint density at radius 2 is 2.04 bits per heavy atom. The molecule has 5 nitrogen and oxygen atoms in total. The molecule has 0 spiro atoms. The number of rotatable bonds is 6. The molecule has 3 rings (SSSR count). The van der Waals surface area contributed by atoms with Crippen molar-refractivity contribution in [2.45, 2.75) is 33.2 Å². The molecule has 0 atom stereocenters. The second-order valence-electron chi connectivity index (χ2n) is 5.74. The Hall–Kier alpha value is -2.47. The fourth-order valence-electron chi connectivity index (χ4n) is 2.53. The zero-order valence-electron chi connectivity index (χ0n) is 13.8. The number of hydrogen-bond donors (Lipinski definition) is 1. The van der Waals surface area contributed by atoms with Crippen molar-refractivity contribution in [2.24, 2.45) is 0 Å². The van der Waals surface area contributed by atoms with Crippen LogP contribution in [0, 0.1) is 13.8 Å². The quantitative estimate of drug-likeness (QED) is 0.746. The van der Waals surface area contributed by atoms with Gasteiger partial charge < -0.3 is 5.32 Å². The number of nitrogens with zero attached hydrogens (tertiary/aromatic N) is 3. The molecule has 0 radical (unpaired) electrons. The van der Waals surface area contributed by atoms with Gasteiger partial charge in [-0.2, -0.15) is 5.10 Å². The molecule has 0 aliphatic heterocycles. The first-order valence-corrected chi connectivity index (χ1v) is 8.71. The SMILES string of the molecule is Cc1cc(C)n(CCC(=O)Nc2ncc(Cc3ccccc3)s2)n1. The van der Waals surface area contributed by atoms with Gasteiger partial charge in [0.25, 0.3) is 0 Å². The maximum atomic E-state index is 12.1. The van der Waals surface area contributed by atoms with Crippen molar-refractivity contribution in [3.05, 3.63) is 64.4 Å². The Bertz CT molecular complexity index is 823. The summed E-state index contributed by atoms with van der Waals surface area (Å²) in [5, 5.41) is 7.89. The highest BCUT2D eigenvalue weighted by Crippen LogP contribution is 2.21. The fourth-order valence-corrected chi connectivity index (χ4v) is 3.40. The monoisotopic (exact) mass is 340 g/mol. The molecule has 0 bridgehead atoms. The van der Waals surface area contributed by atoms with E-state index in [0.29, 0.717) is 18.1 Å². The van der Waals surface area contributed by atoms with E-state index in [2.05, 4.69) is 27.5 Å². The van der Waals surface area contributed by atoms with E-state index in [1.807, 2.05) is 49.0 Å². The van der Waals surface area contributed by atoms with Gasteiger partial charge in [-0.05, 0) is 25.5 Å². The van der Waals surface area contributed by atoms with Crippen molar-refractivity contribution >= 4 is 22.4 Å². The van der Waals surface area contributed by atoms with Gasteiger partial charge in [0.1, 0.15) is 0 Å². The molecule has 0 aliphatic rings. The van der Waals surface area contributed by atoms with E-state index in [4.69, 9.17) is 0 Å². The van der Waals surface area contributed by atoms with Gasteiger partial charge in [-0.3, -0.25) is 9.48 Å². The van der Waals surface area contributed by atoms with Crippen LogP contribution in [0.25, 0.3) is 0 Å². The van der Waals surface area contributed by atoms with Gasteiger partial charge in [0, 0.05) is 36.2 Å². The lowest BCUT2D eigenvalue weighted by molar-refractivity contribution is -0.116. The smallest absolute Gasteiger partial charge is 0.228 e. The molecular formula is C18H20N4OS. The Morgan fingerprint density at radius 3 is 2.75 bits per heavy atom. The molecule has 1 aromatic carbocycles. The Labute approximate surface area is 145 Å². The van der Waals surface area contributed by atoms with Gasteiger partial charge >= 0.3 is 0 Å². The molecule has 0 aliphatic carbocycles. The normalized spacial score (nSPS) is 10.8. The largest absolute Gasteiger partial charge is 0.302 e. The van der Waals surface area contributed by atoms with Gasteiger partial charge in [-0.25, -0.2) is 4.98 Å². The summed E-state index contributed by atoms with van der Waals surface area (Å²) in [5.41, 5.74) is 3.28. The van der Waals surface area contributed by atoms with Crippen molar-refractivity contribution in [1.82, 2.24) is 14.8 Å². The van der Waals surface area contributed by atoms with Crippen LogP contribution in [0.3, 0.4) is 0 Å². The first kappa shape index (κ1) is 16.4. The van der Waals surface area contributed by atoms with E-state index in [1.165, 1.54) is 16.9 Å². The Kier molecular flexibility index (Phi) is 5.05. The lowest BCUT2D eigenvalue weighted by Gasteiger charge is -2.04. The van der Waals surface area contributed by atoms with Crippen LogP contribution in [0.5, 0.6) is 0 Å². The van der Waals surface area contributed by atoms with Crippen LogP contribution in [-0.2, 0) is 17.8 Å². The van der Waals surface area contributed by atoms with Crippen LogP contribution < -0.4 is 5.32 Å². The number of aryl methyl sites for hydroxylation is 3. The average molecular weight is 340 g/mol. The van der Waals surface area contributed by atoms with Crippen LogP contribution in [0.1, 0.15) is 28.2 Å². The molecule has 1 amide bonds. The fraction of sp³-hybridized carbons (Fsp3) is 0.278. The Morgan fingerprint density at radius 1 is 1.25 bits per heavy atom. The number of amides is 1. The molecule has 2 heterocycles. The van der Waals surface area contributed by atoms with E-state index in [0.717, 1.165) is 22.7 Å². The molecule has 1 N–H and O–H groups in total. The summed E-state index contributed by atoms with van der Waals surface area (Å²) < 4.78 is 1.86. The van der Waals surface area contributed by atoms with E-state index < -0.39 is 0 Å². The highest BCUT2D eigenvalue weighted by atomic mass is 32.1. The lowest BCUT2D eigenvalue weighted by atomic mass is 10.1. The minimum atomic E-state index is -0.0387. The predicted octanol–water partition coefficient (Wildman–Crippen LogP) is 3.58. The van der Waals surface area contributed by atoms with Gasteiger partial charge in [0.15, 0.2) is 5.13 Å². The summed E-state index contributed by atoms with van der Waals surface area (Å²) in [6.45, 7) is 4.52. The minimum absolute atomic E-state index is 0.0387. The minimum Gasteiger partial charge on any atom is -0.302 e. The molecule has 0 unspecified atom stereocenters. The third-order valence-electron chi connectivity index (χ3n) is 3.68. The standard InChI is InChI=1S/C18H20N4OS/c1-13-10-14(2)22(21-13)9-8-17(23)20-18-19-12-16(24-18)11-15-6-4-3-5-7-15/h3-7,10,12H,8-9,11H2,1-2H3,(H,19,20,23). The van der Waals surface area contributed by atoms with Gasteiger partial charge in [-0.1, -0.05) is 30.3 Å². The van der Waals surface area contributed by atoms with E-state index in [1.54, 1.807) is 0 Å². The second kappa shape index (κ2) is 7.40. The first-order chi connectivity index (χ1) is 11.6. The van der Waals surface area contributed by atoms with Gasteiger partial charge in [0.2, 0.25) is 5.91 Å². The maximum Gasteiger partial charge on any atom is 0.228 e. The summed E-state index contributed by atoms with van der Waals surface area (Å²) in [7, 11) is 0. The molecule has 2 aromatic heterocycles. The number of nitrogens with one attached hydrogen (secondary N) is 1. The summed E-state index contributed by atoms with van der Waals surface area (Å²) in [5.74, 6) is -0.0387. The number of benzene rings is 1. The number of carbonyl (C=O) groups is 1. The number of anilines is 1. The molecule has 24 heavy (non-hydrogen) atoms. The van der Waals surface area contributed by atoms with E-state index >= 15 is 0 Å². The second-order valence-corrected chi connectivity index (χ2v) is 6.86. The van der Waals surface area contributed by atoms with Crippen LogP contribution >= 0.6 is 11.3 Å². The zero-order valence-corrected chi connectivity index (χ0v) is 14.6. The summed E-state index contributed by atoms with van der Waals surface area (Å²) >= 11 is 1.52. The third kappa shape index (κ3) is 4.29. The topological polar surface area (TPSA) is 59.8 Å². The molecule has 6 heteroatoms. The van der Waals surface area contributed by atoms with Gasteiger partial charge in [0.05, 0.1) is 5.69 Å². The van der Waals surface area contributed by atoms with Gasteiger partial charge in [-0.15, -0.1) is 11.3 Å². The van der Waals surface area contributed by atoms with E-state index in [-0.39, 0.29) is 5.91 Å². The molecule has 0 saturated heterocycles. The maximum absolute atomic E-state index is 12.1. The predicted molar refractivity (Wildman–Crippen MR) is 96.3 cm³/mol. The highest BCUT2D eigenvalue weighted by molar-refractivity contribution is 7.15. The van der Waals surface area contributed by atoms with Crippen LogP contribution in [0.2, 0.25) is 0 Å². The van der Waals surface area contributed by atoms with Crippen molar-refractivity contribution in [3.63, 3.8) is 0 Å². The third-order valence-corrected chi connectivity index (χ3v) is 4.59. The van der Waals surface area contributed by atoms with Crippen molar-refractivity contribution in [3.8, 4) is 0 Å². The van der Waals surface area contributed by atoms with Crippen molar-refractivity contribution in [1.29, 1.82) is 0 Å². The Balaban J connectivity index is 1.52. The number of thiazole rings is 1. The zero-order chi connectivity index (χ0) is 16.9. The summed E-state index contributed by atoms with van der Waals surface area (Å²) in [6.07, 6.45) is 3.05. The summed E-state index contributed by atoms with van der Waals surface area (Å²) in [4.78, 5) is 17.5. The van der Waals surface area contributed by atoms with Crippen molar-refractivity contribution < 1.29 is 4.79 Å². The molecule has 3 aromatic rings. The van der Waals surface area contributed by atoms with Crippen LogP contribution in [0.15, 0.2) is 42.6 Å². The molecule has 0 fully saturated rings. The molecular weight excluding hydrogens is 320 g/mol. The first-order valence-electron chi connectivity index (χ1n) is 7.89. The lowest BCUT2D eigenvalue weighted by Crippen LogP contribution is -2.15. The number of aromatic nitrogens is 3. The highest BCUT2D eigenvalue weighted by Gasteiger charge is 2.09. The summed E-state index contributed by atoms with van der Waals surface area (Å²) in [6, 6.07) is 12.2. The average Bonchev–Trinajstić information content (AvgIpc) is 3.12. The van der Waals surface area contributed by atoms with Crippen LogP contribution in [-0.4, -0.2) is 20.7 Å².